The molecule has 0 aromatic heterocycles. The second-order valence-electron chi connectivity index (χ2n) is 4.42. The van der Waals surface area contributed by atoms with Gasteiger partial charge in [0.2, 0.25) is 0 Å². The first-order valence-electron chi connectivity index (χ1n) is 6.33. The van der Waals surface area contributed by atoms with Crippen molar-refractivity contribution in [1.82, 2.24) is 0 Å². The molecule has 0 radical (unpaired) electrons. The maximum Gasteiger partial charge on any atom is 0.0523 e. The zero-order valence-corrected chi connectivity index (χ0v) is 13.3. The summed E-state index contributed by atoms with van der Waals surface area (Å²) >= 11 is 11.1. The van der Waals surface area contributed by atoms with Gasteiger partial charge in [0.15, 0.2) is 0 Å². The van der Waals surface area contributed by atoms with Gasteiger partial charge in [0.1, 0.15) is 0 Å². The van der Waals surface area contributed by atoms with Crippen LogP contribution >= 0.6 is 37.0 Å². The molecule has 0 nitrogen and oxygen atoms in total. The van der Waals surface area contributed by atoms with Gasteiger partial charge in [-0.2, -0.15) is 25.3 Å². The molecule has 2 aromatic carbocycles. The molecule has 0 aliphatic heterocycles. The van der Waals surface area contributed by atoms with Crippen molar-refractivity contribution in [1.29, 1.82) is 0 Å². The van der Waals surface area contributed by atoms with Gasteiger partial charge in [-0.1, -0.05) is 60.7 Å². The number of thiol groups is 2. The van der Waals surface area contributed by atoms with Crippen LogP contribution in [-0.4, -0.2) is 9.16 Å². The van der Waals surface area contributed by atoms with Crippen LogP contribution in [0.25, 0.3) is 0 Å². The standard InChI is InChI=1S/C16H18S3/c17-15(11-13-7-3-1-4-8-13)19-16(18)12-14-9-5-2-6-10-14/h1-10,15-18H,11-12H2. The van der Waals surface area contributed by atoms with Gasteiger partial charge in [-0.25, -0.2) is 0 Å². The van der Waals surface area contributed by atoms with Gasteiger partial charge in [0.25, 0.3) is 0 Å². The summed E-state index contributed by atoms with van der Waals surface area (Å²) in [6.45, 7) is 0. The second-order valence-corrected chi connectivity index (χ2v) is 7.78. The Bertz CT molecular complexity index is 424. The van der Waals surface area contributed by atoms with Gasteiger partial charge in [0, 0.05) is 0 Å². The Morgan fingerprint density at radius 3 is 1.42 bits per heavy atom. The molecule has 0 fully saturated rings. The first kappa shape index (κ1) is 14.9. The van der Waals surface area contributed by atoms with E-state index in [1.165, 1.54) is 11.1 Å². The third kappa shape index (κ3) is 5.55. The molecule has 0 spiro atoms. The lowest BCUT2D eigenvalue weighted by atomic mass is 10.2. The van der Waals surface area contributed by atoms with Gasteiger partial charge in [-0.3, -0.25) is 0 Å². The predicted molar refractivity (Wildman–Crippen MR) is 93.4 cm³/mol. The molecule has 2 rings (SSSR count). The molecule has 19 heavy (non-hydrogen) atoms. The smallest absolute Gasteiger partial charge is 0.0523 e. The fourth-order valence-electron chi connectivity index (χ4n) is 1.91. The third-order valence-corrected chi connectivity index (χ3v) is 4.88. The average Bonchev–Trinajstić information content (AvgIpc) is 2.40. The van der Waals surface area contributed by atoms with Gasteiger partial charge < -0.3 is 0 Å². The Labute approximate surface area is 130 Å². The molecule has 0 aliphatic rings. The number of rotatable bonds is 6. The summed E-state index contributed by atoms with van der Waals surface area (Å²) in [4.78, 5) is 0. The number of thioether (sulfide) groups is 1. The van der Waals surface area contributed by atoms with E-state index in [0.717, 1.165) is 12.8 Å². The molecule has 3 heteroatoms. The van der Waals surface area contributed by atoms with E-state index >= 15 is 0 Å². The van der Waals surface area contributed by atoms with E-state index in [2.05, 4.69) is 73.8 Å². The van der Waals surface area contributed by atoms with E-state index in [-0.39, 0.29) is 9.16 Å². The Kier molecular flexibility index (Phi) is 6.21. The topological polar surface area (TPSA) is 0 Å². The van der Waals surface area contributed by atoms with Crippen LogP contribution in [0.3, 0.4) is 0 Å². The normalized spacial score (nSPS) is 14.0. The van der Waals surface area contributed by atoms with E-state index < -0.39 is 0 Å². The summed E-state index contributed by atoms with van der Waals surface area (Å²) in [5.41, 5.74) is 2.66. The highest BCUT2D eigenvalue weighted by Gasteiger charge is 2.12. The molecular weight excluding hydrogens is 288 g/mol. The van der Waals surface area contributed by atoms with Gasteiger partial charge in [-0.05, 0) is 24.0 Å². The van der Waals surface area contributed by atoms with Crippen LogP contribution in [0.4, 0.5) is 0 Å². The lowest BCUT2D eigenvalue weighted by molar-refractivity contribution is 1.07. The Morgan fingerprint density at radius 2 is 1.05 bits per heavy atom. The van der Waals surface area contributed by atoms with Crippen molar-refractivity contribution in [2.45, 2.75) is 22.0 Å². The van der Waals surface area contributed by atoms with Gasteiger partial charge in [-0.15, -0.1) is 11.8 Å². The SMILES string of the molecule is SC(Cc1ccccc1)SC(S)Cc1ccccc1. The van der Waals surface area contributed by atoms with Crippen LogP contribution in [0, 0.1) is 0 Å². The summed E-state index contributed by atoms with van der Waals surface area (Å²) in [6.07, 6.45) is 1.95. The first-order valence-corrected chi connectivity index (χ1v) is 8.31. The Balaban J connectivity index is 1.80. The van der Waals surface area contributed by atoms with Crippen LogP contribution in [0.5, 0.6) is 0 Å². The lowest BCUT2D eigenvalue weighted by Gasteiger charge is -2.16. The van der Waals surface area contributed by atoms with Crippen molar-refractivity contribution in [3.05, 3.63) is 71.8 Å². The number of benzene rings is 2. The van der Waals surface area contributed by atoms with Crippen molar-refractivity contribution >= 4 is 37.0 Å². The van der Waals surface area contributed by atoms with E-state index in [0.29, 0.717) is 0 Å². The number of hydrogen-bond acceptors (Lipinski definition) is 3. The number of hydrogen-bond donors (Lipinski definition) is 2. The highest BCUT2D eigenvalue weighted by atomic mass is 32.2. The summed E-state index contributed by atoms with van der Waals surface area (Å²) in [7, 11) is 0. The molecule has 0 heterocycles. The van der Waals surface area contributed by atoms with Crippen molar-refractivity contribution in [2.24, 2.45) is 0 Å². The fourth-order valence-corrected chi connectivity index (χ4v) is 4.44. The fraction of sp³-hybridized carbons (Fsp3) is 0.250. The minimum atomic E-state index is 0.286. The maximum absolute atomic E-state index is 4.66. The van der Waals surface area contributed by atoms with Crippen molar-refractivity contribution in [3.8, 4) is 0 Å². The van der Waals surface area contributed by atoms with Crippen LogP contribution in [-0.2, 0) is 12.8 Å². The molecule has 2 unspecified atom stereocenters. The van der Waals surface area contributed by atoms with Crippen LogP contribution in [0.2, 0.25) is 0 Å². The molecule has 2 aromatic rings. The lowest BCUT2D eigenvalue weighted by Crippen LogP contribution is -2.06. The first-order chi connectivity index (χ1) is 9.24. The minimum Gasteiger partial charge on any atom is -0.165 e. The molecule has 0 amide bonds. The largest absolute Gasteiger partial charge is 0.165 e. The van der Waals surface area contributed by atoms with Gasteiger partial charge >= 0.3 is 0 Å². The second kappa shape index (κ2) is 7.93. The summed E-state index contributed by atoms with van der Waals surface area (Å²) < 4.78 is 0.572. The van der Waals surface area contributed by atoms with E-state index in [1.807, 2.05) is 23.9 Å². The molecule has 0 bridgehead atoms. The molecule has 100 valence electrons. The zero-order valence-electron chi connectivity index (χ0n) is 10.6. The molecular formula is C16H18S3. The highest BCUT2D eigenvalue weighted by Crippen LogP contribution is 2.28. The molecule has 0 aliphatic carbocycles. The predicted octanol–water partition coefficient (Wildman–Crippen LogP) is 4.72. The van der Waals surface area contributed by atoms with Crippen LogP contribution < -0.4 is 0 Å². The summed E-state index contributed by atoms with van der Waals surface area (Å²) in [5, 5.41) is 0. The van der Waals surface area contributed by atoms with E-state index in [9.17, 15) is 0 Å². The van der Waals surface area contributed by atoms with E-state index in [1.54, 1.807) is 0 Å². The maximum atomic E-state index is 4.66. The van der Waals surface area contributed by atoms with Crippen LogP contribution in [0.15, 0.2) is 60.7 Å². The van der Waals surface area contributed by atoms with Crippen LogP contribution in [0.1, 0.15) is 11.1 Å². The van der Waals surface area contributed by atoms with E-state index in [4.69, 9.17) is 0 Å². The quantitative estimate of drug-likeness (QED) is 0.575. The average molecular weight is 307 g/mol. The van der Waals surface area contributed by atoms with Crippen molar-refractivity contribution in [2.75, 3.05) is 0 Å². The molecule has 0 N–H and O–H groups in total. The monoisotopic (exact) mass is 306 g/mol. The van der Waals surface area contributed by atoms with Crippen molar-refractivity contribution < 1.29 is 0 Å². The third-order valence-electron chi connectivity index (χ3n) is 2.82. The van der Waals surface area contributed by atoms with Crippen molar-refractivity contribution in [3.63, 3.8) is 0 Å². The summed E-state index contributed by atoms with van der Waals surface area (Å²) in [6, 6.07) is 21.0. The zero-order chi connectivity index (χ0) is 13.5. The highest BCUT2D eigenvalue weighted by molar-refractivity contribution is 8.17. The summed E-state index contributed by atoms with van der Waals surface area (Å²) in [5.74, 6) is 0. The molecule has 0 saturated carbocycles. The molecule has 0 saturated heterocycles. The minimum absolute atomic E-state index is 0.286. The Hall–Kier alpha value is -0.510. The molecule has 2 atom stereocenters. The Morgan fingerprint density at radius 1 is 0.684 bits per heavy atom. The van der Waals surface area contributed by atoms with Gasteiger partial charge in [0.05, 0.1) is 9.16 Å².